The lowest BCUT2D eigenvalue weighted by Crippen LogP contribution is -2.38. The van der Waals surface area contributed by atoms with Crippen LogP contribution in [-0.2, 0) is 9.63 Å². The Morgan fingerprint density at radius 1 is 1.57 bits per heavy atom. The van der Waals surface area contributed by atoms with Gasteiger partial charge in [-0.25, -0.2) is 5.48 Å². The number of hydrogen-bond donors (Lipinski definition) is 2. The highest BCUT2D eigenvalue weighted by molar-refractivity contribution is 5.80. The van der Waals surface area contributed by atoms with Crippen molar-refractivity contribution in [1.29, 1.82) is 0 Å². The third kappa shape index (κ3) is 3.64. The number of nitrogens with one attached hydrogen (secondary N) is 2. The average molecular weight is 200 g/mol. The van der Waals surface area contributed by atoms with E-state index in [4.69, 9.17) is 4.84 Å². The Balaban J connectivity index is 2.11. The summed E-state index contributed by atoms with van der Waals surface area (Å²) < 4.78 is 0. The smallest absolute Gasteiger partial charge is 0.248 e. The topological polar surface area (TPSA) is 50.4 Å². The lowest BCUT2D eigenvalue weighted by molar-refractivity contribution is -0.142. The first-order valence-corrected chi connectivity index (χ1v) is 5.16. The second-order valence-corrected chi connectivity index (χ2v) is 4.79. The van der Waals surface area contributed by atoms with Gasteiger partial charge in [0, 0.05) is 11.5 Å². The summed E-state index contributed by atoms with van der Waals surface area (Å²) >= 11 is 0. The van der Waals surface area contributed by atoms with E-state index >= 15 is 0 Å². The molecule has 1 amide bonds. The molecule has 14 heavy (non-hydrogen) atoms. The molecule has 0 aliphatic carbocycles. The van der Waals surface area contributed by atoms with E-state index in [1.165, 1.54) is 6.42 Å². The Morgan fingerprint density at radius 2 is 2.29 bits per heavy atom. The Labute approximate surface area is 85.3 Å². The van der Waals surface area contributed by atoms with Gasteiger partial charge in [-0.2, -0.15) is 0 Å². The fourth-order valence-electron chi connectivity index (χ4n) is 1.26. The van der Waals surface area contributed by atoms with Crippen LogP contribution in [0.5, 0.6) is 0 Å². The standard InChI is InChI=1S/C10H20N2O2/c1-10(2,3)9(13)12-14-7-8-5-4-6-11-8/h8,11H,4-7H2,1-3H3,(H,12,13). The maximum atomic E-state index is 11.4. The molecule has 0 spiro atoms. The van der Waals surface area contributed by atoms with Crippen LogP contribution in [-0.4, -0.2) is 25.1 Å². The molecule has 0 bridgehead atoms. The van der Waals surface area contributed by atoms with Gasteiger partial charge in [-0.15, -0.1) is 0 Å². The number of hydroxylamine groups is 1. The van der Waals surface area contributed by atoms with Gasteiger partial charge >= 0.3 is 0 Å². The third-order valence-corrected chi connectivity index (χ3v) is 2.29. The normalized spacial score (nSPS) is 22.4. The summed E-state index contributed by atoms with van der Waals surface area (Å²) in [5.41, 5.74) is 2.08. The molecule has 1 fully saturated rings. The minimum Gasteiger partial charge on any atom is -0.312 e. The lowest BCUT2D eigenvalue weighted by Gasteiger charge is -2.18. The third-order valence-electron chi connectivity index (χ3n) is 2.29. The summed E-state index contributed by atoms with van der Waals surface area (Å²) in [6.07, 6.45) is 2.33. The number of hydrogen-bond acceptors (Lipinski definition) is 3. The molecule has 1 heterocycles. The van der Waals surface area contributed by atoms with Crippen molar-refractivity contribution in [2.45, 2.75) is 39.7 Å². The molecular formula is C10H20N2O2. The van der Waals surface area contributed by atoms with Crippen molar-refractivity contribution in [2.75, 3.05) is 13.2 Å². The second kappa shape index (κ2) is 4.75. The van der Waals surface area contributed by atoms with Gasteiger partial charge in [-0.05, 0) is 19.4 Å². The minimum absolute atomic E-state index is 0.0736. The van der Waals surface area contributed by atoms with Crippen LogP contribution in [0.25, 0.3) is 0 Å². The van der Waals surface area contributed by atoms with Gasteiger partial charge in [0.05, 0.1) is 6.61 Å². The number of amides is 1. The van der Waals surface area contributed by atoms with Crippen LogP contribution in [0.4, 0.5) is 0 Å². The van der Waals surface area contributed by atoms with E-state index in [2.05, 4.69) is 10.8 Å². The van der Waals surface area contributed by atoms with Gasteiger partial charge in [-0.3, -0.25) is 9.63 Å². The fraction of sp³-hybridized carbons (Fsp3) is 0.900. The predicted molar refractivity (Wildman–Crippen MR) is 54.6 cm³/mol. The van der Waals surface area contributed by atoms with Gasteiger partial charge in [-0.1, -0.05) is 20.8 Å². The summed E-state index contributed by atoms with van der Waals surface area (Å²) in [5.74, 6) is -0.0736. The van der Waals surface area contributed by atoms with Gasteiger partial charge in [0.1, 0.15) is 0 Å². The van der Waals surface area contributed by atoms with Gasteiger partial charge in [0.25, 0.3) is 0 Å². The van der Waals surface area contributed by atoms with Crippen molar-refractivity contribution in [3.63, 3.8) is 0 Å². The zero-order chi connectivity index (χ0) is 10.6. The SMILES string of the molecule is CC(C)(C)C(=O)NOCC1CCCN1. The highest BCUT2D eigenvalue weighted by atomic mass is 16.7. The van der Waals surface area contributed by atoms with Crippen LogP contribution in [0.2, 0.25) is 0 Å². The van der Waals surface area contributed by atoms with Crippen LogP contribution in [0.15, 0.2) is 0 Å². The first-order chi connectivity index (χ1) is 6.50. The van der Waals surface area contributed by atoms with E-state index in [1.54, 1.807) is 0 Å². The Morgan fingerprint density at radius 3 is 2.79 bits per heavy atom. The van der Waals surface area contributed by atoms with Crippen LogP contribution in [0, 0.1) is 5.41 Å². The minimum atomic E-state index is -0.386. The molecule has 4 nitrogen and oxygen atoms in total. The molecule has 0 saturated carbocycles. The van der Waals surface area contributed by atoms with Crippen molar-refractivity contribution in [1.82, 2.24) is 10.8 Å². The quantitative estimate of drug-likeness (QED) is 0.663. The first kappa shape index (κ1) is 11.5. The molecule has 1 aliphatic rings. The molecular weight excluding hydrogens is 180 g/mol. The summed E-state index contributed by atoms with van der Waals surface area (Å²) in [7, 11) is 0. The summed E-state index contributed by atoms with van der Waals surface area (Å²) in [6.45, 7) is 7.20. The van der Waals surface area contributed by atoms with E-state index in [9.17, 15) is 4.79 Å². The van der Waals surface area contributed by atoms with E-state index < -0.39 is 0 Å². The Bertz CT molecular complexity index is 193. The zero-order valence-corrected chi connectivity index (χ0v) is 9.22. The Kier molecular flexibility index (Phi) is 3.89. The number of carbonyl (C=O) groups is 1. The number of carbonyl (C=O) groups excluding carboxylic acids is 1. The first-order valence-electron chi connectivity index (χ1n) is 5.16. The highest BCUT2D eigenvalue weighted by Gasteiger charge is 2.22. The van der Waals surface area contributed by atoms with E-state index in [0.717, 1.165) is 13.0 Å². The molecule has 1 aliphatic heterocycles. The molecule has 0 aromatic carbocycles. The molecule has 0 aromatic rings. The van der Waals surface area contributed by atoms with E-state index in [1.807, 2.05) is 20.8 Å². The molecule has 2 N–H and O–H groups in total. The molecule has 0 aromatic heterocycles. The molecule has 4 heteroatoms. The summed E-state index contributed by atoms with van der Waals surface area (Å²) in [5, 5.41) is 3.29. The molecule has 1 rings (SSSR count). The summed E-state index contributed by atoms with van der Waals surface area (Å²) in [4.78, 5) is 16.5. The largest absolute Gasteiger partial charge is 0.312 e. The molecule has 0 radical (unpaired) electrons. The van der Waals surface area contributed by atoms with Crippen molar-refractivity contribution in [3.05, 3.63) is 0 Å². The van der Waals surface area contributed by atoms with Crippen molar-refractivity contribution in [3.8, 4) is 0 Å². The fourth-order valence-corrected chi connectivity index (χ4v) is 1.26. The monoisotopic (exact) mass is 200 g/mol. The molecule has 1 saturated heterocycles. The molecule has 1 unspecified atom stereocenters. The van der Waals surface area contributed by atoms with Gasteiger partial charge < -0.3 is 5.32 Å². The second-order valence-electron chi connectivity index (χ2n) is 4.79. The molecule has 82 valence electrons. The maximum absolute atomic E-state index is 11.4. The van der Waals surface area contributed by atoms with Crippen molar-refractivity contribution in [2.24, 2.45) is 5.41 Å². The zero-order valence-electron chi connectivity index (χ0n) is 9.22. The van der Waals surface area contributed by atoms with Crippen LogP contribution in [0.1, 0.15) is 33.6 Å². The van der Waals surface area contributed by atoms with Crippen LogP contribution >= 0.6 is 0 Å². The van der Waals surface area contributed by atoms with Gasteiger partial charge in [0.15, 0.2) is 0 Å². The Hall–Kier alpha value is -0.610. The lowest BCUT2D eigenvalue weighted by atomic mass is 9.96. The van der Waals surface area contributed by atoms with Crippen LogP contribution < -0.4 is 10.8 Å². The molecule has 1 atom stereocenters. The van der Waals surface area contributed by atoms with Crippen LogP contribution in [0.3, 0.4) is 0 Å². The van der Waals surface area contributed by atoms with Crippen molar-refractivity contribution < 1.29 is 9.63 Å². The maximum Gasteiger partial charge on any atom is 0.248 e. The highest BCUT2D eigenvalue weighted by Crippen LogP contribution is 2.12. The predicted octanol–water partition coefficient (Wildman–Crippen LogP) is 0.832. The van der Waals surface area contributed by atoms with E-state index in [-0.39, 0.29) is 11.3 Å². The van der Waals surface area contributed by atoms with Gasteiger partial charge in [0.2, 0.25) is 5.91 Å². The van der Waals surface area contributed by atoms with E-state index in [0.29, 0.717) is 12.6 Å². The number of rotatable bonds is 3. The summed E-state index contributed by atoms with van der Waals surface area (Å²) in [6, 6.07) is 0.398. The van der Waals surface area contributed by atoms with Crippen molar-refractivity contribution >= 4 is 5.91 Å². The average Bonchev–Trinajstić information content (AvgIpc) is 2.55.